The molecule has 7 heteroatoms. The highest BCUT2D eigenvalue weighted by Gasteiger charge is 2.26. The second-order valence-corrected chi connectivity index (χ2v) is 5.06. The lowest BCUT2D eigenvalue weighted by Gasteiger charge is -2.07. The smallest absolute Gasteiger partial charge is 0.259 e. The molecule has 0 saturated carbocycles. The second kappa shape index (κ2) is 5.62. The van der Waals surface area contributed by atoms with Crippen molar-refractivity contribution in [3.63, 3.8) is 0 Å². The molecule has 2 heterocycles. The maximum absolute atomic E-state index is 11.6. The third kappa shape index (κ3) is 2.58. The molecule has 1 aromatic heterocycles. The molecule has 0 saturated heterocycles. The predicted octanol–water partition coefficient (Wildman–Crippen LogP) is 1.22. The Hall–Kier alpha value is -3.06. The summed E-state index contributed by atoms with van der Waals surface area (Å²) < 4.78 is 0. The second-order valence-electron chi connectivity index (χ2n) is 5.06. The number of aliphatic hydroxyl groups is 1. The Morgan fingerprint density at radius 1 is 1.26 bits per heavy atom. The summed E-state index contributed by atoms with van der Waals surface area (Å²) in [4.78, 5) is 31.3. The zero-order valence-electron chi connectivity index (χ0n) is 12.2. The number of carbonyl (C=O) groups excluding carboxylic acids is 2. The van der Waals surface area contributed by atoms with Gasteiger partial charge in [0.25, 0.3) is 11.8 Å². The summed E-state index contributed by atoms with van der Waals surface area (Å²) in [6, 6.07) is 4.61. The van der Waals surface area contributed by atoms with E-state index in [1.54, 1.807) is 13.0 Å². The summed E-state index contributed by atoms with van der Waals surface area (Å²) in [5, 5.41) is 21.6. The van der Waals surface area contributed by atoms with Gasteiger partial charge in [-0.05, 0) is 25.1 Å². The molecule has 3 rings (SSSR count). The summed E-state index contributed by atoms with van der Waals surface area (Å²) >= 11 is 0. The molecule has 0 fully saturated rings. The van der Waals surface area contributed by atoms with Crippen LogP contribution in [0.3, 0.4) is 0 Å². The van der Waals surface area contributed by atoms with E-state index in [1.807, 2.05) is 0 Å². The molecule has 3 N–H and O–H groups in total. The molecular weight excluding hydrogens is 298 g/mol. The average Bonchev–Trinajstić information content (AvgIpc) is 2.83. The summed E-state index contributed by atoms with van der Waals surface area (Å²) in [6.45, 7) is 1.35. The van der Waals surface area contributed by atoms with Gasteiger partial charge in [0, 0.05) is 23.5 Å². The topological polar surface area (TPSA) is 112 Å². The van der Waals surface area contributed by atoms with Crippen molar-refractivity contribution in [2.24, 2.45) is 4.99 Å². The number of hydrogen-bond donors (Lipinski definition) is 3. The van der Waals surface area contributed by atoms with Crippen molar-refractivity contribution in [2.75, 3.05) is 0 Å². The van der Waals surface area contributed by atoms with Gasteiger partial charge >= 0.3 is 0 Å². The Bertz CT molecular complexity index is 859. The van der Waals surface area contributed by atoms with Crippen molar-refractivity contribution in [3.05, 3.63) is 52.3 Å². The Morgan fingerprint density at radius 3 is 2.74 bits per heavy atom. The normalized spacial score (nSPS) is 13.5. The van der Waals surface area contributed by atoms with Crippen LogP contribution >= 0.6 is 0 Å². The number of aliphatic hydroxyl groups excluding tert-OH is 1. The third-order valence-corrected chi connectivity index (χ3v) is 3.59. The number of aromatic nitrogens is 1. The average molecular weight is 311 g/mol. The van der Waals surface area contributed by atoms with Gasteiger partial charge in [-0.3, -0.25) is 24.9 Å². The molecular formula is C16H13N3O4. The van der Waals surface area contributed by atoms with Crippen molar-refractivity contribution >= 4 is 23.7 Å². The molecule has 0 bridgehead atoms. The van der Waals surface area contributed by atoms with Crippen LogP contribution in [0.2, 0.25) is 0 Å². The number of nitrogens with zero attached hydrogens (tertiary/aromatic N) is 2. The van der Waals surface area contributed by atoms with Crippen molar-refractivity contribution in [3.8, 4) is 5.75 Å². The molecule has 2 amide bonds. The number of pyridine rings is 1. The van der Waals surface area contributed by atoms with Gasteiger partial charge < -0.3 is 10.2 Å². The minimum atomic E-state index is -0.458. The zero-order valence-corrected chi connectivity index (χ0v) is 12.2. The van der Waals surface area contributed by atoms with Crippen molar-refractivity contribution in [2.45, 2.75) is 13.5 Å². The van der Waals surface area contributed by atoms with E-state index < -0.39 is 11.8 Å². The SMILES string of the molecule is Cc1ncc(CO)c(C=Nc2ccc3c(c2)C(=O)NC3=O)c1O. The van der Waals surface area contributed by atoms with E-state index in [-0.39, 0.29) is 17.9 Å². The Kier molecular flexibility index (Phi) is 3.63. The van der Waals surface area contributed by atoms with Gasteiger partial charge in [0.15, 0.2) is 0 Å². The van der Waals surface area contributed by atoms with E-state index in [4.69, 9.17) is 0 Å². The van der Waals surface area contributed by atoms with Crippen LogP contribution < -0.4 is 5.32 Å². The number of hydrogen-bond acceptors (Lipinski definition) is 6. The molecule has 0 aliphatic carbocycles. The van der Waals surface area contributed by atoms with Gasteiger partial charge in [0.1, 0.15) is 5.75 Å². The number of imide groups is 1. The summed E-state index contributed by atoms with van der Waals surface area (Å²) in [7, 11) is 0. The highest BCUT2D eigenvalue weighted by Crippen LogP contribution is 2.25. The van der Waals surface area contributed by atoms with Crippen LogP contribution in [0.15, 0.2) is 29.4 Å². The highest BCUT2D eigenvalue weighted by atomic mass is 16.3. The Morgan fingerprint density at radius 2 is 2.00 bits per heavy atom. The van der Waals surface area contributed by atoms with Crippen LogP contribution in [0.5, 0.6) is 5.75 Å². The standard InChI is InChI=1S/C16H13N3O4/c1-8-14(21)13(9(7-20)5-17-8)6-18-10-2-3-11-12(4-10)16(23)19-15(11)22/h2-6,20-21H,7H2,1H3,(H,19,22,23). The van der Waals surface area contributed by atoms with Gasteiger partial charge in [-0.2, -0.15) is 0 Å². The number of fused-ring (bicyclic) bond motifs is 1. The molecule has 0 radical (unpaired) electrons. The van der Waals surface area contributed by atoms with Crippen LogP contribution in [-0.2, 0) is 6.61 Å². The minimum Gasteiger partial charge on any atom is -0.505 e. The maximum atomic E-state index is 11.6. The van der Waals surface area contributed by atoms with Gasteiger partial charge in [-0.25, -0.2) is 0 Å². The number of aryl methyl sites for hydroxylation is 1. The molecule has 116 valence electrons. The lowest BCUT2D eigenvalue weighted by Crippen LogP contribution is -2.19. The van der Waals surface area contributed by atoms with Crippen LogP contribution in [-0.4, -0.2) is 33.2 Å². The van der Waals surface area contributed by atoms with Gasteiger partial charge in [0.05, 0.1) is 29.1 Å². The van der Waals surface area contributed by atoms with Crippen molar-refractivity contribution < 1.29 is 19.8 Å². The highest BCUT2D eigenvalue weighted by molar-refractivity contribution is 6.21. The first kappa shape index (κ1) is 14.9. The van der Waals surface area contributed by atoms with E-state index >= 15 is 0 Å². The molecule has 1 aliphatic rings. The van der Waals surface area contributed by atoms with Crippen LogP contribution in [0.1, 0.15) is 37.5 Å². The molecule has 1 aromatic carbocycles. The third-order valence-electron chi connectivity index (χ3n) is 3.59. The number of aliphatic imine (C=N–C) groups is 1. The molecule has 0 atom stereocenters. The number of aromatic hydroxyl groups is 1. The number of carbonyl (C=O) groups is 2. The van der Waals surface area contributed by atoms with E-state index in [9.17, 15) is 19.8 Å². The van der Waals surface area contributed by atoms with Crippen LogP contribution in [0.4, 0.5) is 5.69 Å². The summed E-state index contributed by atoms with van der Waals surface area (Å²) in [5.74, 6) is -0.944. The van der Waals surface area contributed by atoms with E-state index in [0.29, 0.717) is 28.1 Å². The summed E-state index contributed by atoms with van der Waals surface area (Å²) in [6.07, 6.45) is 2.86. The number of nitrogens with one attached hydrogen (secondary N) is 1. The molecule has 1 aliphatic heterocycles. The molecule has 7 nitrogen and oxygen atoms in total. The number of amides is 2. The van der Waals surface area contributed by atoms with E-state index in [2.05, 4.69) is 15.3 Å². The van der Waals surface area contributed by atoms with Gasteiger partial charge in [0.2, 0.25) is 0 Å². The van der Waals surface area contributed by atoms with Crippen LogP contribution in [0, 0.1) is 6.92 Å². The molecule has 23 heavy (non-hydrogen) atoms. The minimum absolute atomic E-state index is 0.0608. The lowest BCUT2D eigenvalue weighted by atomic mass is 10.1. The fourth-order valence-electron chi connectivity index (χ4n) is 2.30. The van der Waals surface area contributed by atoms with E-state index in [1.165, 1.54) is 24.5 Å². The fraction of sp³-hybridized carbons (Fsp3) is 0.125. The van der Waals surface area contributed by atoms with Crippen molar-refractivity contribution in [1.82, 2.24) is 10.3 Å². The Balaban J connectivity index is 1.99. The fourth-order valence-corrected chi connectivity index (χ4v) is 2.30. The monoisotopic (exact) mass is 311 g/mol. The first-order valence-electron chi connectivity index (χ1n) is 6.83. The molecule has 0 unspecified atom stereocenters. The zero-order chi connectivity index (χ0) is 16.6. The first-order chi connectivity index (χ1) is 11.0. The van der Waals surface area contributed by atoms with Gasteiger partial charge in [-0.15, -0.1) is 0 Å². The maximum Gasteiger partial charge on any atom is 0.259 e. The Labute approximate surface area is 131 Å². The molecule has 2 aromatic rings. The largest absolute Gasteiger partial charge is 0.505 e. The van der Waals surface area contributed by atoms with E-state index in [0.717, 1.165) is 0 Å². The number of rotatable bonds is 3. The lowest BCUT2D eigenvalue weighted by molar-refractivity contribution is 0.0879. The predicted molar refractivity (Wildman–Crippen MR) is 82.1 cm³/mol. The van der Waals surface area contributed by atoms with Crippen molar-refractivity contribution in [1.29, 1.82) is 0 Å². The summed E-state index contributed by atoms with van der Waals surface area (Å²) in [5.41, 5.74) is 2.25. The van der Waals surface area contributed by atoms with Gasteiger partial charge in [-0.1, -0.05) is 0 Å². The quantitative estimate of drug-likeness (QED) is 0.583. The number of benzene rings is 1. The first-order valence-corrected chi connectivity index (χ1v) is 6.83. The van der Waals surface area contributed by atoms with Crippen LogP contribution in [0.25, 0.3) is 0 Å². The molecule has 0 spiro atoms.